The molecular formula is C14H18Cl2N2O. The predicted molar refractivity (Wildman–Crippen MR) is 78.1 cm³/mol. The number of nitrogens with zero attached hydrogens (tertiary/aromatic N) is 2. The first-order valence-corrected chi connectivity index (χ1v) is 7.80. The minimum Gasteiger partial charge on any atom is -0.374 e. The van der Waals surface area contributed by atoms with Gasteiger partial charge in [0.2, 0.25) is 0 Å². The van der Waals surface area contributed by atoms with Crippen molar-refractivity contribution < 1.29 is 4.74 Å². The van der Waals surface area contributed by atoms with Crippen LogP contribution in [0.2, 0.25) is 5.02 Å². The molecule has 2 heterocycles. The number of fused-ring (bicyclic) bond motifs is 1. The van der Waals surface area contributed by atoms with E-state index in [4.69, 9.17) is 27.9 Å². The Balaban J connectivity index is 1.87. The molecule has 1 aromatic rings. The quantitative estimate of drug-likeness (QED) is 0.780. The van der Waals surface area contributed by atoms with Crippen molar-refractivity contribution in [2.45, 2.75) is 43.7 Å². The second kappa shape index (κ2) is 5.86. The number of hydrogen-bond acceptors (Lipinski definition) is 3. The van der Waals surface area contributed by atoms with Crippen molar-refractivity contribution in [3.8, 4) is 0 Å². The van der Waals surface area contributed by atoms with Gasteiger partial charge in [0.25, 0.3) is 0 Å². The Morgan fingerprint density at radius 3 is 3.00 bits per heavy atom. The maximum atomic E-state index is 6.08. The fourth-order valence-corrected chi connectivity index (χ4v) is 3.55. The molecule has 2 fully saturated rings. The van der Waals surface area contributed by atoms with Gasteiger partial charge in [-0.3, -0.25) is 0 Å². The third kappa shape index (κ3) is 2.69. The second-order valence-corrected chi connectivity index (χ2v) is 5.86. The molecular weight excluding hydrogens is 283 g/mol. The van der Waals surface area contributed by atoms with Crippen LogP contribution in [-0.4, -0.2) is 30.3 Å². The summed E-state index contributed by atoms with van der Waals surface area (Å²) in [6.45, 7) is 1.68. The van der Waals surface area contributed by atoms with E-state index in [9.17, 15) is 0 Å². The molecule has 0 amide bonds. The van der Waals surface area contributed by atoms with Crippen LogP contribution in [0, 0.1) is 0 Å². The standard InChI is InChI=1S/C14H18Cl2N2O/c15-9-11-10(16)5-6-14(17-11)18-7-8-19-13-4-2-1-3-12(13)18/h5-6,12-13H,1-4,7-9H2. The number of alkyl halides is 1. The highest BCUT2D eigenvalue weighted by atomic mass is 35.5. The predicted octanol–water partition coefficient (Wildman–Crippen LogP) is 3.62. The van der Waals surface area contributed by atoms with E-state index < -0.39 is 0 Å². The molecule has 2 unspecified atom stereocenters. The van der Waals surface area contributed by atoms with Gasteiger partial charge in [-0.15, -0.1) is 11.6 Å². The topological polar surface area (TPSA) is 25.4 Å². The van der Waals surface area contributed by atoms with Crippen LogP contribution in [0.3, 0.4) is 0 Å². The maximum absolute atomic E-state index is 6.08. The van der Waals surface area contributed by atoms with Gasteiger partial charge in [0.15, 0.2) is 0 Å². The molecule has 1 aliphatic carbocycles. The monoisotopic (exact) mass is 300 g/mol. The molecule has 1 aromatic heterocycles. The summed E-state index contributed by atoms with van der Waals surface area (Å²) in [4.78, 5) is 6.99. The highest BCUT2D eigenvalue weighted by Crippen LogP contribution is 2.32. The molecule has 1 aliphatic heterocycles. The first-order valence-electron chi connectivity index (χ1n) is 6.89. The van der Waals surface area contributed by atoms with Crippen molar-refractivity contribution >= 4 is 29.0 Å². The number of morpholine rings is 1. The molecule has 0 aromatic carbocycles. The summed E-state index contributed by atoms with van der Waals surface area (Å²) in [7, 11) is 0. The Hall–Kier alpha value is -0.510. The van der Waals surface area contributed by atoms with Crippen molar-refractivity contribution in [3.05, 3.63) is 22.8 Å². The molecule has 3 rings (SSSR count). The summed E-state index contributed by atoms with van der Waals surface area (Å²) in [5, 5.41) is 0.646. The lowest BCUT2D eigenvalue weighted by molar-refractivity contribution is -0.00899. The molecule has 0 spiro atoms. The summed E-state index contributed by atoms with van der Waals surface area (Å²) >= 11 is 12.0. The molecule has 0 bridgehead atoms. The average Bonchev–Trinajstić information content (AvgIpc) is 2.47. The summed E-state index contributed by atoms with van der Waals surface area (Å²) in [6.07, 6.45) is 5.26. The third-order valence-electron chi connectivity index (χ3n) is 4.06. The fraction of sp³-hybridized carbons (Fsp3) is 0.643. The van der Waals surface area contributed by atoms with Gasteiger partial charge in [0.1, 0.15) is 5.82 Å². The van der Waals surface area contributed by atoms with E-state index in [1.54, 1.807) is 0 Å². The van der Waals surface area contributed by atoms with Crippen molar-refractivity contribution in [1.82, 2.24) is 4.98 Å². The van der Waals surface area contributed by atoms with Crippen molar-refractivity contribution in [1.29, 1.82) is 0 Å². The minimum absolute atomic E-state index is 0.352. The molecule has 19 heavy (non-hydrogen) atoms. The zero-order valence-corrected chi connectivity index (χ0v) is 12.3. The zero-order chi connectivity index (χ0) is 13.2. The first kappa shape index (κ1) is 13.5. The van der Waals surface area contributed by atoms with Crippen LogP contribution in [0.25, 0.3) is 0 Å². The van der Waals surface area contributed by atoms with Gasteiger partial charge in [-0.2, -0.15) is 0 Å². The Morgan fingerprint density at radius 2 is 2.16 bits per heavy atom. The molecule has 5 heteroatoms. The Bertz CT molecular complexity index is 453. The Kier molecular flexibility index (Phi) is 4.15. The fourth-order valence-electron chi connectivity index (χ4n) is 3.11. The van der Waals surface area contributed by atoms with Crippen molar-refractivity contribution in [3.63, 3.8) is 0 Å². The number of rotatable bonds is 2. The molecule has 2 aliphatic rings. The SMILES string of the molecule is ClCc1nc(N2CCOC3CCCCC32)ccc1Cl. The summed E-state index contributed by atoms with van der Waals surface area (Å²) < 4.78 is 5.89. The Labute approximate surface area is 123 Å². The largest absolute Gasteiger partial charge is 0.374 e. The lowest BCUT2D eigenvalue weighted by Crippen LogP contribution is -2.53. The molecule has 3 nitrogen and oxygen atoms in total. The van der Waals surface area contributed by atoms with Crippen LogP contribution in [0.1, 0.15) is 31.4 Å². The molecule has 0 N–H and O–H groups in total. The van der Waals surface area contributed by atoms with Crippen LogP contribution in [-0.2, 0) is 10.6 Å². The van der Waals surface area contributed by atoms with Gasteiger partial charge in [-0.25, -0.2) is 4.98 Å². The number of ether oxygens (including phenoxy) is 1. The van der Waals surface area contributed by atoms with Crippen LogP contribution in [0.4, 0.5) is 5.82 Å². The summed E-state index contributed by atoms with van der Waals surface area (Å²) in [5.41, 5.74) is 0.764. The van der Waals surface area contributed by atoms with E-state index in [1.165, 1.54) is 19.3 Å². The maximum Gasteiger partial charge on any atom is 0.129 e. The van der Waals surface area contributed by atoms with Gasteiger partial charge in [0.05, 0.1) is 35.3 Å². The number of pyridine rings is 1. The normalized spacial score (nSPS) is 27.2. The van der Waals surface area contributed by atoms with E-state index in [0.717, 1.165) is 31.1 Å². The molecule has 1 saturated heterocycles. The van der Waals surface area contributed by atoms with Crippen LogP contribution in [0.15, 0.2) is 12.1 Å². The molecule has 0 radical (unpaired) electrons. The number of halogens is 2. The number of anilines is 1. The van der Waals surface area contributed by atoms with E-state index >= 15 is 0 Å². The lowest BCUT2D eigenvalue weighted by Gasteiger charge is -2.44. The van der Waals surface area contributed by atoms with Gasteiger partial charge in [-0.05, 0) is 25.0 Å². The number of hydrogen-bond donors (Lipinski definition) is 0. The van der Waals surface area contributed by atoms with E-state index in [0.29, 0.717) is 23.0 Å². The van der Waals surface area contributed by atoms with Crippen LogP contribution in [0.5, 0.6) is 0 Å². The molecule has 104 valence electrons. The lowest BCUT2D eigenvalue weighted by atomic mass is 9.90. The van der Waals surface area contributed by atoms with Gasteiger partial charge >= 0.3 is 0 Å². The Morgan fingerprint density at radius 1 is 1.32 bits per heavy atom. The van der Waals surface area contributed by atoms with E-state index in [2.05, 4.69) is 9.88 Å². The van der Waals surface area contributed by atoms with Gasteiger partial charge in [-0.1, -0.05) is 24.4 Å². The first-order chi connectivity index (χ1) is 9.29. The highest BCUT2D eigenvalue weighted by molar-refractivity contribution is 6.32. The van der Waals surface area contributed by atoms with Gasteiger partial charge in [0, 0.05) is 6.54 Å². The smallest absolute Gasteiger partial charge is 0.129 e. The van der Waals surface area contributed by atoms with E-state index in [1.807, 2.05) is 12.1 Å². The zero-order valence-electron chi connectivity index (χ0n) is 10.8. The number of aromatic nitrogens is 1. The van der Waals surface area contributed by atoms with Crippen molar-refractivity contribution in [2.24, 2.45) is 0 Å². The van der Waals surface area contributed by atoms with Crippen LogP contribution >= 0.6 is 23.2 Å². The van der Waals surface area contributed by atoms with Crippen molar-refractivity contribution in [2.75, 3.05) is 18.1 Å². The average molecular weight is 301 g/mol. The minimum atomic E-state index is 0.352. The summed E-state index contributed by atoms with van der Waals surface area (Å²) in [5.74, 6) is 1.34. The van der Waals surface area contributed by atoms with E-state index in [-0.39, 0.29) is 0 Å². The summed E-state index contributed by atoms with van der Waals surface area (Å²) in [6, 6.07) is 4.35. The molecule has 2 atom stereocenters. The van der Waals surface area contributed by atoms with Gasteiger partial charge < -0.3 is 9.64 Å². The van der Waals surface area contributed by atoms with Crippen LogP contribution < -0.4 is 4.90 Å². The highest BCUT2D eigenvalue weighted by Gasteiger charge is 2.34. The third-order valence-corrected chi connectivity index (χ3v) is 4.65. The second-order valence-electron chi connectivity index (χ2n) is 5.19. The molecule has 1 saturated carbocycles.